The number of rotatable bonds is 9. The van der Waals surface area contributed by atoms with Gasteiger partial charge in [0.25, 0.3) is 5.91 Å². The first-order valence-corrected chi connectivity index (χ1v) is 9.75. The molecule has 2 N–H and O–H groups in total. The number of ether oxygens (including phenoxy) is 1. The second kappa shape index (κ2) is 10.9. The maximum Gasteiger partial charge on any atom is 0.339 e. The highest BCUT2D eigenvalue weighted by atomic mass is 16.5. The van der Waals surface area contributed by atoms with Crippen LogP contribution in [-0.2, 0) is 14.3 Å². The Morgan fingerprint density at radius 2 is 1.57 bits per heavy atom. The molecule has 2 aromatic rings. The van der Waals surface area contributed by atoms with Gasteiger partial charge in [-0.1, -0.05) is 42.8 Å². The number of aryl methyl sites for hydroxylation is 2. The summed E-state index contributed by atoms with van der Waals surface area (Å²) < 4.78 is 5.05. The fourth-order valence-corrected chi connectivity index (χ4v) is 2.75. The zero-order valence-corrected chi connectivity index (χ0v) is 17.4. The number of amides is 2. The smallest absolute Gasteiger partial charge is 0.339 e. The molecular weight excluding hydrogens is 384 g/mol. The average Bonchev–Trinajstić information content (AvgIpc) is 2.75. The number of nitrogens with one attached hydrogen (secondary N) is 2. The highest BCUT2D eigenvalue weighted by molar-refractivity contribution is 6.15. The third kappa shape index (κ3) is 6.27. The molecule has 0 fully saturated rings. The van der Waals surface area contributed by atoms with Crippen molar-refractivity contribution >= 4 is 23.6 Å². The lowest BCUT2D eigenvalue weighted by Gasteiger charge is -2.11. The first kappa shape index (κ1) is 22.8. The SMILES string of the molecule is CCCNC(=O)CNC(=O)COC(=O)c1ccccc1C(=O)c1cc(C)ccc1C. The molecule has 0 spiro atoms. The van der Waals surface area contributed by atoms with Gasteiger partial charge >= 0.3 is 5.97 Å². The van der Waals surface area contributed by atoms with E-state index in [4.69, 9.17) is 4.74 Å². The molecule has 0 aliphatic carbocycles. The van der Waals surface area contributed by atoms with Gasteiger partial charge in [-0.2, -0.15) is 0 Å². The molecule has 2 aromatic carbocycles. The fourth-order valence-electron chi connectivity index (χ4n) is 2.75. The molecular formula is C23H26N2O5. The molecule has 0 radical (unpaired) electrons. The number of carbonyl (C=O) groups is 4. The van der Waals surface area contributed by atoms with E-state index in [1.807, 2.05) is 32.9 Å². The molecule has 0 saturated carbocycles. The van der Waals surface area contributed by atoms with Crippen molar-refractivity contribution in [1.82, 2.24) is 10.6 Å². The Morgan fingerprint density at radius 3 is 2.27 bits per heavy atom. The van der Waals surface area contributed by atoms with Gasteiger partial charge < -0.3 is 15.4 Å². The van der Waals surface area contributed by atoms with Crippen molar-refractivity contribution in [3.63, 3.8) is 0 Å². The van der Waals surface area contributed by atoms with Crippen LogP contribution in [0.1, 0.15) is 50.8 Å². The van der Waals surface area contributed by atoms with E-state index in [-0.39, 0.29) is 29.4 Å². The number of hydrogen-bond donors (Lipinski definition) is 2. The van der Waals surface area contributed by atoms with Crippen molar-refractivity contribution in [2.45, 2.75) is 27.2 Å². The topological polar surface area (TPSA) is 102 Å². The molecule has 0 bridgehead atoms. The monoisotopic (exact) mass is 410 g/mol. The number of ketones is 1. The Morgan fingerprint density at radius 1 is 0.867 bits per heavy atom. The molecule has 7 heteroatoms. The minimum Gasteiger partial charge on any atom is -0.452 e. The summed E-state index contributed by atoms with van der Waals surface area (Å²) in [6.07, 6.45) is 0.789. The van der Waals surface area contributed by atoms with E-state index in [0.29, 0.717) is 12.1 Å². The number of benzene rings is 2. The van der Waals surface area contributed by atoms with Gasteiger partial charge in [-0.15, -0.1) is 0 Å². The zero-order valence-electron chi connectivity index (χ0n) is 17.4. The maximum atomic E-state index is 13.0. The largest absolute Gasteiger partial charge is 0.452 e. The number of carbonyl (C=O) groups excluding carboxylic acids is 4. The Hall–Kier alpha value is -3.48. The second-order valence-electron chi connectivity index (χ2n) is 6.90. The first-order valence-electron chi connectivity index (χ1n) is 9.75. The second-order valence-corrected chi connectivity index (χ2v) is 6.90. The first-order chi connectivity index (χ1) is 14.3. The summed E-state index contributed by atoms with van der Waals surface area (Å²) >= 11 is 0. The van der Waals surface area contributed by atoms with Crippen LogP contribution in [-0.4, -0.2) is 43.3 Å². The lowest BCUT2D eigenvalue weighted by molar-refractivity contribution is -0.127. The summed E-state index contributed by atoms with van der Waals surface area (Å²) in [4.78, 5) is 48.9. The zero-order chi connectivity index (χ0) is 22.1. The summed E-state index contributed by atoms with van der Waals surface area (Å²) in [6, 6.07) is 11.9. The molecule has 0 unspecified atom stereocenters. The summed E-state index contributed by atoms with van der Waals surface area (Å²) in [6.45, 7) is 5.41. The fraction of sp³-hybridized carbons (Fsp3) is 0.304. The lowest BCUT2D eigenvalue weighted by atomic mass is 9.94. The number of hydrogen-bond acceptors (Lipinski definition) is 5. The Kier molecular flexibility index (Phi) is 8.29. The third-order valence-electron chi connectivity index (χ3n) is 4.38. The highest BCUT2D eigenvalue weighted by Crippen LogP contribution is 2.19. The van der Waals surface area contributed by atoms with Crippen LogP contribution >= 0.6 is 0 Å². The summed E-state index contributed by atoms with van der Waals surface area (Å²) in [5, 5.41) is 5.00. The Bertz CT molecular complexity index is 952. The maximum absolute atomic E-state index is 13.0. The molecule has 0 aliphatic rings. The van der Waals surface area contributed by atoms with Gasteiger partial charge in [0, 0.05) is 17.7 Å². The van der Waals surface area contributed by atoms with Gasteiger partial charge in [-0.3, -0.25) is 14.4 Å². The van der Waals surface area contributed by atoms with Crippen molar-refractivity contribution in [3.05, 3.63) is 70.3 Å². The summed E-state index contributed by atoms with van der Waals surface area (Å²) in [7, 11) is 0. The van der Waals surface area contributed by atoms with Crippen LogP contribution in [0.15, 0.2) is 42.5 Å². The molecule has 158 valence electrons. The molecule has 0 saturated heterocycles. The number of esters is 1. The van der Waals surface area contributed by atoms with Gasteiger partial charge in [0.05, 0.1) is 12.1 Å². The van der Waals surface area contributed by atoms with Crippen molar-refractivity contribution in [1.29, 1.82) is 0 Å². The standard InChI is InChI=1S/C23H26N2O5/c1-4-11-24-20(26)13-25-21(27)14-30-23(29)18-8-6-5-7-17(18)22(28)19-12-15(2)9-10-16(19)3/h5-10,12H,4,11,13-14H2,1-3H3,(H,24,26)(H,25,27). The van der Waals surface area contributed by atoms with E-state index in [9.17, 15) is 19.2 Å². The Labute approximate surface area is 175 Å². The van der Waals surface area contributed by atoms with Gasteiger partial charge in [0.15, 0.2) is 12.4 Å². The minimum absolute atomic E-state index is 0.0805. The predicted molar refractivity (Wildman–Crippen MR) is 112 cm³/mol. The van der Waals surface area contributed by atoms with Crippen LogP contribution in [0.4, 0.5) is 0 Å². The molecule has 0 heterocycles. The van der Waals surface area contributed by atoms with E-state index in [1.54, 1.807) is 24.3 Å². The lowest BCUT2D eigenvalue weighted by Crippen LogP contribution is -2.39. The van der Waals surface area contributed by atoms with Crippen molar-refractivity contribution in [2.75, 3.05) is 19.7 Å². The molecule has 0 atom stereocenters. The van der Waals surface area contributed by atoms with E-state index in [0.717, 1.165) is 17.5 Å². The van der Waals surface area contributed by atoms with Crippen LogP contribution in [0.3, 0.4) is 0 Å². The molecule has 7 nitrogen and oxygen atoms in total. The van der Waals surface area contributed by atoms with E-state index in [1.165, 1.54) is 6.07 Å². The minimum atomic E-state index is -0.783. The molecule has 0 aliphatic heterocycles. The average molecular weight is 410 g/mol. The normalized spacial score (nSPS) is 10.2. The van der Waals surface area contributed by atoms with Crippen LogP contribution in [0.25, 0.3) is 0 Å². The summed E-state index contributed by atoms with van der Waals surface area (Å²) in [5.41, 5.74) is 2.52. The Balaban J connectivity index is 2.04. The molecule has 2 rings (SSSR count). The van der Waals surface area contributed by atoms with E-state index >= 15 is 0 Å². The van der Waals surface area contributed by atoms with E-state index in [2.05, 4.69) is 10.6 Å². The quantitative estimate of drug-likeness (QED) is 0.488. The van der Waals surface area contributed by atoms with Gasteiger partial charge in [0.1, 0.15) is 0 Å². The van der Waals surface area contributed by atoms with Gasteiger partial charge in [-0.25, -0.2) is 4.79 Å². The highest BCUT2D eigenvalue weighted by Gasteiger charge is 2.21. The molecule has 30 heavy (non-hydrogen) atoms. The van der Waals surface area contributed by atoms with Crippen LogP contribution in [0.2, 0.25) is 0 Å². The van der Waals surface area contributed by atoms with Crippen molar-refractivity contribution < 1.29 is 23.9 Å². The molecule has 2 amide bonds. The summed E-state index contributed by atoms with van der Waals surface area (Å²) in [5.74, 6) is -2.00. The van der Waals surface area contributed by atoms with Gasteiger partial charge in [-0.05, 0) is 38.0 Å². The van der Waals surface area contributed by atoms with Crippen LogP contribution in [0, 0.1) is 13.8 Å². The van der Waals surface area contributed by atoms with Crippen molar-refractivity contribution in [3.8, 4) is 0 Å². The third-order valence-corrected chi connectivity index (χ3v) is 4.38. The van der Waals surface area contributed by atoms with Crippen LogP contribution in [0.5, 0.6) is 0 Å². The van der Waals surface area contributed by atoms with Crippen molar-refractivity contribution in [2.24, 2.45) is 0 Å². The van der Waals surface area contributed by atoms with Gasteiger partial charge in [0.2, 0.25) is 5.91 Å². The van der Waals surface area contributed by atoms with E-state index < -0.39 is 18.5 Å². The van der Waals surface area contributed by atoms with Crippen LogP contribution < -0.4 is 10.6 Å². The predicted octanol–water partition coefficient (Wildman–Crippen LogP) is 2.33. The molecule has 0 aromatic heterocycles.